The molecule has 0 saturated heterocycles. The highest BCUT2D eigenvalue weighted by atomic mass is 16.1. The summed E-state index contributed by atoms with van der Waals surface area (Å²) in [5.74, 6) is 0.663. The minimum absolute atomic E-state index is 0.289. The first kappa shape index (κ1) is 8.49. The van der Waals surface area contributed by atoms with E-state index in [1.54, 1.807) is 12.1 Å². The van der Waals surface area contributed by atoms with Crippen molar-refractivity contribution in [3.63, 3.8) is 0 Å². The van der Waals surface area contributed by atoms with Crippen LogP contribution in [-0.4, -0.2) is 26.1 Å². The molecular formula is C8H9N5O. The van der Waals surface area contributed by atoms with Crippen LogP contribution in [0.2, 0.25) is 0 Å². The van der Waals surface area contributed by atoms with Gasteiger partial charge in [0, 0.05) is 12.6 Å². The van der Waals surface area contributed by atoms with E-state index in [-0.39, 0.29) is 5.69 Å². The highest BCUT2D eigenvalue weighted by molar-refractivity contribution is 5.48. The van der Waals surface area contributed by atoms with Crippen LogP contribution in [0.25, 0.3) is 5.65 Å². The number of anilines is 1. The van der Waals surface area contributed by atoms with E-state index in [1.807, 2.05) is 0 Å². The van der Waals surface area contributed by atoms with E-state index in [1.165, 1.54) is 10.7 Å². The SMILES string of the molecule is C=CCNc1cc2n[nH]c(=O)n2cn1. The zero-order valence-corrected chi connectivity index (χ0v) is 7.40. The summed E-state index contributed by atoms with van der Waals surface area (Å²) in [5, 5.41) is 9.13. The molecule has 0 bridgehead atoms. The Kier molecular flexibility index (Phi) is 2.02. The third-order valence-electron chi connectivity index (χ3n) is 1.74. The maximum Gasteiger partial charge on any atom is 0.348 e. The first-order chi connectivity index (χ1) is 6.81. The lowest BCUT2D eigenvalue weighted by atomic mass is 10.5. The molecule has 0 amide bonds. The summed E-state index contributed by atoms with van der Waals surface area (Å²) in [6, 6.07) is 1.68. The van der Waals surface area contributed by atoms with Crippen molar-refractivity contribution in [2.45, 2.75) is 0 Å². The molecule has 0 fully saturated rings. The van der Waals surface area contributed by atoms with Crippen molar-refractivity contribution in [3.8, 4) is 0 Å². The van der Waals surface area contributed by atoms with E-state index in [4.69, 9.17) is 0 Å². The predicted molar refractivity (Wildman–Crippen MR) is 52.3 cm³/mol. The molecule has 2 aromatic rings. The molecule has 0 aliphatic carbocycles. The van der Waals surface area contributed by atoms with Gasteiger partial charge in [-0.2, -0.15) is 5.10 Å². The molecule has 2 aromatic heterocycles. The van der Waals surface area contributed by atoms with Crippen LogP contribution in [0.3, 0.4) is 0 Å². The summed E-state index contributed by atoms with van der Waals surface area (Å²) in [5.41, 5.74) is 0.249. The number of nitrogens with zero attached hydrogens (tertiary/aromatic N) is 3. The molecule has 6 nitrogen and oxygen atoms in total. The van der Waals surface area contributed by atoms with Crippen molar-refractivity contribution >= 4 is 11.5 Å². The van der Waals surface area contributed by atoms with E-state index >= 15 is 0 Å². The second-order valence-electron chi connectivity index (χ2n) is 2.70. The lowest BCUT2D eigenvalue weighted by molar-refractivity contribution is 0.995. The molecule has 0 unspecified atom stereocenters. The lowest BCUT2D eigenvalue weighted by Crippen LogP contribution is -2.10. The quantitative estimate of drug-likeness (QED) is 0.670. The second-order valence-corrected chi connectivity index (χ2v) is 2.70. The molecule has 0 saturated carbocycles. The Labute approximate surface area is 79.3 Å². The average molecular weight is 191 g/mol. The van der Waals surface area contributed by atoms with Gasteiger partial charge in [0.2, 0.25) is 0 Å². The van der Waals surface area contributed by atoms with Crippen molar-refractivity contribution in [3.05, 3.63) is 35.5 Å². The van der Waals surface area contributed by atoms with E-state index in [9.17, 15) is 4.79 Å². The van der Waals surface area contributed by atoms with Crippen LogP contribution >= 0.6 is 0 Å². The first-order valence-electron chi connectivity index (χ1n) is 4.09. The van der Waals surface area contributed by atoms with Crippen LogP contribution in [0.5, 0.6) is 0 Å². The van der Waals surface area contributed by atoms with Crippen LogP contribution in [0.15, 0.2) is 29.8 Å². The fourth-order valence-corrected chi connectivity index (χ4v) is 1.08. The van der Waals surface area contributed by atoms with Gasteiger partial charge in [-0.25, -0.2) is 19.3 Å². The Morgan fingerprint density at radius 3 is 3.36 bits per heavy atom. The smallest absolute Gasteiger partial charge is 0.348 e. The zero-order chi connectivity index (χ0) is 9.97. The van der Waals surface area contributed by atoms with Crippen LogP contribution in [0, 0.1) is 0 Å². The van der Waals surface area contributed by atoms with Crippen molar-refractivity contribution in [1.82, 2.24) is 19.6 Å². The summed E-state index contributed by atoms with van der Waals surface area (Å²) in [6.45, 7) is 4.20. The van der Waals surface area contributed by atoms with Gasteiger partial charge in [0.1, 0.15) is 12.1 Å². The highest BCUT2D eigenvalue weighted by Crippen LogP contribution is 2.03. The van der Waals surface area contributed by atoms with Gasteiger partial charge in [0.05, 0.1) is 0 Å². The van der Waals surface area contributed by atoms with Crippen molar-refractivity contribution in [1.29, 1.82) is 0 Å². The summed E-state index contributed by atoms with van der Waals surface area (Å²) in [7, 11) is 0. The number of hydrogen-bond donors (Lipinski definition) is 2. The summed E-state index contributed by atoms with van der Waals surface area (Å²) < 4.78 is 1.33. The molecule has 2 rings (SSSR count). The number of H-pyrrole nitrogens is 1. The van der Waals surface area contributed by atoms with Gasteiger partial charge in [-0.15, -0.1) is 6.58 Å². The monoisotopic (exact) mass is 191 g/mol. The lowest BCUT2D eigenvalue weighted by Gasteiger charge is -2.00. The molecule has 0 spiro atoms. The Hall–Kier alpha value is -2.11. The molecule has 0 atom stereocenters. The Morgan fingerprint density at radius 2 is 2.57 bits per heavy atom. The van der Waals surface area contributed by atoms with E-state index in [0.29, 0.717) is 18.0 Å². The first-order valence-corrected chi connectivity index (χ1v) is 4.09. The molecule has 0 radical (unpaired) electrons. The van der Waals surface area contributed by atoms with Gasteiger partial charge in [0.25, 0.3) is 0 Å². The molecular weight excluding hydrogens is 182 g/mol. The van der Waals surface area contributed by atoms with E-state index < -0.39 is 0 Å². The van der Waals surface area contributed by atoms with Gasteiger partial charge < -0.3 is 5.32 Å². The summed E-state index contributed by atoms with van der Waals surface area (Å²) in [4.78, 5) is 15.1. The van der Waals surface area contributed by atoms with Gasteiger partial charge in [-0.1, -0.05) is 6.08 Å². The average Bonchev–Trinajstić information content (AvgIpc) is 2.57. The van der Waals surface area contributed by atoms with E-state index in [0.717, 1.165) is 0 Å². The predicted octanol–water partition coefficient (Wildman–Crippen LogP) is 0.0155. The Balaban J connectivity index is 2.41. The van der Waals surface area contributed by atoms with Crippen LogP contribution in [0.1, 0.15) is 0 Å². The van der Waals surface area contributed by atoms with Crippen LogP contribution in [0.4, 0.5) is 5.82 Å². The van der Waals surface area contributed by atoms with Crippen LogP contribution < -0.4 is 11.0 Å². The number of aromatic amines is 1. The molecule has 0 aliphatic rings. The molecule has 0 aromatic carbocycles. The number of nitrogens with one attached hydrogen (secondary N) is 2. The maximum atomic E-state index is 11.1. The third kappa shape index (κ3) is 1.37. The van der Waals surface area contributed by atoms with Gasteiger partial charge in [-0.05, 0) is 0 Å². The van der Waals surface area contributed by atoms with Crippen molar-refractivity contribution < 1.29 is 0 Å². The number of rotatable bonds is 3. The molecule has 72 valence electrons. The fourth-order valence-electron chi connectivity index (χ4n) is 1.08. The van der Waals surface area contributed by atoms with Crippen molar-refractivity contribution in [2.24, 2.45) is 0 Å². The van der Waals surface area contributed by atoms with Gasteiger partial charge in [-0.3, -0.25) is 0 Å². The Morgan fingerprint density at radius 1 is 1.71 bits per heavy atom. The number of hydrogen-bond acceptors (Lipinski definition) is 4. The normalized spacial score (nSPS) is 10.3. The Bertz CT molecular complexity index is 512. The van der Waals surface area contributed by atoms with Crippen molar-refractivity contribution in [2.75, 3.05) is 11.9 Å². The third-order valence-corrected chi connectivity index (χ3v) is 1.74. The largest absolute Gasteiger partial charge is 0.366 e. The van der Waals surface area contributed by atoms with E-state index in [2.05, 4.69) is 27.1 Å². The molecule has 14 heavy (non-hydrogen) atoms. The minimum Gasteiger partial charge on any atom is -0.366 e. The number of fused-ring (bicyclic) bond motifs is 1. The molecule has 6 heteroatoms. The molecule has 2 heterocycles. The van der Waals surface area contributed by atoms with Gasteiger partial charge >= 0.3 is 5.69 Å². The standard InChI is InChI=1S/C8H9N5O/c1-2-3-9-6-4-7-11-12-8(14)13(7)5-10-6/h2,4-5,9H,1,3H2,(H,12,14). The highest BCUT2D eigenvalue weighted by Gasteiger charge is 2.00. The zero-order valence-electron chi connectivity index (χ0n) is 7.40. The maximum absolute atomic E-state index is 11.1. The summed E-state index contributed by atoms with van der Waals surface area (Å²) >= 11 is 0. The minimum atomic E-state index is -0.289. The topological polar surface area (TPSA) is 75.1 Å². The van der Waals surface area contributed by atoms with Crippen LogP contribution in [-0.2, 0) is 0 Å². The van der Waals surface area contributed by atoms with Gasteiger partial charge in [0.15, 0.2) is 5.65 Å². The fraction of sp³-hybridized carbons (Fsp3) is 0.125. The second kappa shape index (κ2) is 3.33. The number of aromatic nitrogens is 4. The molecule has 0 aliphatic heterocycles. The molecule has 2 N–H and O–H groups in total. The summed E-state index contributed by atoms with van der Waals surface area (Å²) in [6.07, 6.45) is 3.15.